The number of alkyl halides is 2. The number of alkyl carbamates (subject to hydrolysis) is 1. The Morgan fingerprint density at radius 2 is 1.56 bits per heavy atom. The maximum Gasteiger partial charge on any atom is 0.407 e. The van der Waals surface area contributed by atoms with Crippen LogP contribution in [0.4, 0.5) is 10.5 Å². The van der Waals surface area contributed by atoms with Crippen molar-refractivity contribution in [3.8, 4) is 22.8 Å². The number of hydrogen-bond donors (Lipinski definition) is 4. The molecule has 0 bridgehead atoms. The number of amides is 1. The van der Waals surface area contributed by atoms with Crippen molar-refractivity contribution in [2.45, 2.75) is 39.2 Å². The molecule has 4 N–H and O–H groups in total. The molecule has 4 rings (SSSR count). The van der Waals surface area contributed by atoms with E-state index in [4.69, 9.17) is 27.9 Å². The number of hydrogen-bond acceptors (Lipinski definition) is 6. The van der Waals surface area contributed by atoms with E-state index in [1.54, 1.807) is 24.3 Å². The summed E-state index contributed by atoms with van der Waals surface area (Å²) in [6, 6.07) is 21.1. The fraction of sp³-hybridized carbons (Fsp3) is 0.400. The summed E-state index contributed by atoms with van der Waals surface area (Å²) in [4.78, 5) is 14.2. The summed E-state index contributed by atoms with van der Waals surface area (Å²) in [5.74, 6) is 1.59. The summed E-state index contributed by atoms with van der Waals surface area (Å²) in [5.41, 5.74) is 6.60. The number of fused-ring (bicyclic) bond motifs is 1. The molecule has 0 aliphatic heterocycles. The van der Waals surface area contributed by atoms with Crippen molar-refractivity contribution < 1.29 is 19.7 Å². The third-order valence-electron chi connectivity index (χ3n) is 7.83. The maximum absolute atomic E-state index is 12.1. The third-order valence-corrected chi connectivity index (χ3v) is 8.17. The topological polar surface area (TPSA) is 99.0 Å². The average Bonchev–Trinajstić information content (AvgIpc) is 3.31. The second-order valence-electron chi connectivity index (χ2n) is 11.0. The zero-order valence-electron chi connectivity index (χ0n) is 25.9. The van der Waals surface area contributed by atoms with E-state index in [0.29, 0.717) is 24.9 Å². The maximum atomic E-state index is 12.1. The predicted molar refractivity (Wildman–Crippen MR) is 185 cm³/mol. The van der Waals surface area contributed by atoms with Gasteiger partial charge in [0.25, 0.3) is 0 Å². The molecular weight excluding hydrogens is 611 g/mol. The minimum absolute atomic E-state index is 0.231. The highest BCUT2D eigenvalue weighted by molar-refractivity contribution is 6.18. The Bertz CT molecular complexity index is 1490. The van der Waals surface area contributed by atoms with Gasteiger partial charge < -0.3 is 35.1 Å². The second-order valence-corrected chi connectivity index (χ2v) is 11.8. The van der Waals surface area contributed by atoms with Gasteiger partial charge in [-0.25, -0.2) is 4.79 Å². The highest BCUT2D eigenvalue weighted by atomic mass is 35.5. The lowest BCUT2D eigenvalue weighted by molar-refractivity contribution is 0.144. The summed E-state index contributed by atoms with van der Waals surface area (Å²) >= 11 is 11.8. The van der Waals surface area contributed by atoms with Crippen molar-refractivity contribution in [1.82, 2.24) is 15.2 Å². The lowest BCUT2D eigenvalue weighted by Crippen LogP contribution is -2.27. The molecule has 0 unspecified atom stereocenters. The molecule has 0 radical (unpaired) electrons. The normalized spacial score (nSPS) is 11.2. The van der Waals surface area contributed by atoms with Crippen LogP contribution in [0.5, 0.6) is 11.5 Å². The number of nitrogens with one attached hydrogen (secondary N) is 2. The molecule has 0 saturated carbocycles. The Morgan fingerprint density at radius 3 is 2.27 bits per heavy atom. The Balaban J connectivity index is 1.11. The van der Waals surface area contributed by atoms with Gasteiger partial charge >= 0.3 is 6.09 Å². The van der Waals surface area contributed by atoms with Crippen LogP contribution in [0.1, 0.15) is 30.4 Å². The van der Waals surface area contributed by atoms with Gasteiger partial charge in [-0.05, 0) is 117 Å². The van der Waals surface area contributed by atoms with Gasteiger partial charge in [0, 0.05) is 54.5 Å². The van der Waals surface area contributed by atoms with Gasteiger partial charge in [0.15, 0.2) is 0 Å². The van der Waals surface area contributed by atoms with Crippen LogP contribution in [0.15, 0.2) is 66.7 Å². The van der Waals surface area contributed by atoms with E-state index >= 15 is 0 Å². The average molecular weight is 656 g/mol. The molecule has 45 heavy (non-hydrogen) atoms. The van der Waals surface area contributed by atoms with Crippen LogP contribution in [0.2, 0.25) is 0 Å². The van der Waals surface area contributed by atoms with Crippen molar-refractivity contribution in [1.29, 1.82) is 0 Å². The number of carbonyl (C=O) groups excluding carboxylic acids is 1. The molecule has 10 heteroatoms. The van der Waals surface area contributed by atoms with Crippen LogP contribution in [0.3, 0.4) is 0 Å². The summed E-state index contributed by atoms with van der Waals surface area (Å²) in [6.07, 6.45) is 2.94. The first-order valence-corrected chi connectivity index (χ1v) is 16.7. The van der Waals surface area contributed by atoms with E-state index in [1.807, 2.05) is 18.2 Å². The van der Waals surface area contributed by atoms with Crippen LogP contribution >= 0.6 is 23.2 Å². The molecule has 242 valence electrons. The minimum atomic E-state index is -0.384. The molecule has 3 aromatic carbocycles. The fourth-order valence-electron chi connectivity index (χ4n) is 5.56. The number of ether oxygens (including phenoxy) is 1. The molecule has 0 fully saturated rings. The van der Waals surface area contributed by atoms with Gasteiger partial charge in [-0.2, -0.15) is 0 Å². The smallest absolute Gasteiger partial charge is 0.407 e. The SMILES string of the molecule is Cc1c(-c2ccc(O)cc2)n(CCCNCCCOC(=O)NCCCc2ccc(N(CCCl)CCCl)cc2)c2ccc(O)cc12. The van der Waals surface area contributed by atoms with Crippen molar-refractivity contribution in [2.75, 3.05) is 56.0 Å². The summed E-state index contributed by atoms with van der Waals surface area (Å²) in [7, 11) is 0. The van der Waals surface area contributed by atoms with E-state index in [2.05, 4.69) is 51.3 Å². The van der Waals surface area contributed by atoms with Crippen LogP contribution in [-0.4, -0.2) is 72.0 Å². The largest absolute Gasteiger partial charge is 0.508 e. The molecule has 0 spiro atoms. The number of aromatic nitrogens is 1. The number of nitrogens with zero attached hydrogens (tertiary/aromatic N) is 2. The summed E-state index contributed by atoms with van der Waals surface area (Å²) < 4.78 is 7.61. The Kier molecular flexibility index (Phi) is 13.5. The Hall–Kier alpha value is -3.59. The van der Waals surface area contributed by atoms with Gasteiger partial charge in [0.2, 0.25) is 0 Å². The monoisotopic (exact) mass is 654 g/mol. The quantitative estimate of drug-likeness (QED) is 0.0678. The van der Waals surface area contributed by atoms with E-state index < -0.39 is 0 Å². The van der Waals surface area contributed by atoms with Crippen LogP contribution < -0.4 is 15.5 Å². The molecule has 0 aliphatic rings. The molecule has 1 aromatic heterocycles. The first-order chi connectivity index (χ1) is 21.9. The minimum Gasteiger partial charge on any atom is -0.508 e. The number of anilines is 1. The van der Waals surface area contributed by atoms with Crippen molar-refractivity contribution >= 4 is 45.9 Å². The van der Waals surface area contributed by atoms with E-state index in [-0.39, 0.29) is 17.6 Å². The van der Waals surface area contributed by atoms with Crippen molar-refractivity contribution in [3.05, 3.63) is 77.9 Å². The molecule has 4 aromatic rings. The number of phenolic OH excluding ortho intramolecular Hbond substituents is 2. The highest BCUT2D eigenvalue weighted by Gasteiger charge is 2.16. The van der Waals surface area contributed by atoms with Crippen LogP contribution in [0, 0.1) is 6.92 Å². The number of carbonyl (C=O) groups is 1. The van der Waals surface area contributed by atoms with Gasteiger partial charge in [0.1, 0.15) is 11.5 Å². The number of rotatable bonds is 18. The highest BCUT2D eigenvalue weighted by Crippen LogP contribution is 2.35. The van der Waals surface area contributed by atoms with Crippen molar-refractivity contribution in [2.24, 2.45) is 0 Å². The summed E-state index contributed by atoms with van der Waals surface area (Å²) in [6.45, 7) is 6.87. The molecular formula is C35H44Cl2N4O4. The van der Waals surface area contributed by atoms with E-state index in [0.717, 1.165) is 91.8 Å². The number of aromatic hydroxyl groups is 2. The molecule has 0 saturated heterocycles. The molecule has 0 aliphatic carbocycles. The molecule has 0 atom stereocenters. The van der Waals surface area contributed by atoms with Gasteiger partial charge in [0.05, 0.1) is 12.3 Å². The van der Waals surface area contributed by atoms with Gasteiger partial charge in [-0.3, -0.25) is 0 Å². The predicted octanol–water partition coefficient (Wildman–Crippen LogP) is 7.04. The van der Waals surface area contributed by atoms with Crippen LogP contribution in [-0.2, 0) is 17.7 Å². The fourth-order valence-corrected chi connectivity index (χ4v) is 5.97. The number of phenols is 2. The second kappa shape index (κ2) is 17.8. The lowest BCUT2D eigenvalue weighted by atomic mass is 10.1. The summed E-state index contributed by atoms with van der Waals surface area (Å²) in [5, 5.41) is 27.1. The molecule has 1 amide bonds. The van der Waals surface area contributed by atoms with Crippen LogP contribution in [0.25, 0.3) is 22.2 Å². The molecule has 8 nitrogen and oxygen atoms in total. The number of aryl methyl sites for hydroxylation is 3. The first kappa shape index (κ1) is 34.3. The number of benzene rings is 3. The van der Waals surface area contributed by atoms with Gasteiger partial charge in [-0.1, -0.05) is 12.1 Å². The zero-order chi connectivity index (χ0) is 32.0. The Labute approximate surface area is 275 Å². The van der Waals surface area contributed by atoms with Crippen molar-refractivity contribution in [3.63, 3.8) is 0 Å². The van der Waals surface area contributed by atoms with Gasteiger partial charge in [-0.15, -0.1) is 23.2 Å². The lowest BCUT2D eigenvalue weighted by Gasteiger charge is -2.23. The third kappa shape index (κ3) is 9.95. The Morgan fingerprint density at radius 1 is 0.867 bits per heavy atom. The zero-order valence-corrected chi connectivity index (χ0v) is 27.4. The molecule has 1 heterocycles. The van der Waals surface area contributed by atoms with E-state index in [1.165, 1.54) is 5.56 Å². The van der Waals surface area contributed by atoms with E-state index in [9.17, 15) is 15.0 Å². The first-order valence-electron chi connectivity index (χ1n) is 15.6. The number of halogens is 2. The standard InChI is InChI=1S/C35H44Cl2N4O4/c1-26-32-25-31(43)14-15-33(32)41(34(26)28-8-12-30(42)13-9-28)21-3-18-38-19-4-24-45-35(44)39-20-2-5-27-6-10-29(11-7-27)40(22-16-36)23-17-37/h6-15,25,38,42-43H,2-5,16-24H2,1H3,(H,39,44).